The molecule has 20 heavy (non-hydrogen) atoms. The van der Waals surface area contributed by atoms with Gasteiger partial charge in [0.1, 0.15) is 18.0 Å². The quantitative estimate of drug-likeness (QED) is 0.654. The summed E-state index contributed by atoms with van der Waals surface area (Å²) in [6.45, 7) is 6.84. The fourth-order valence-electron chi connectivity index (χ4n) is 3.10. The molecule has 3 N–H and O–H groups in total. The predicted molar refractivity (Wildman–Crippen MR) is 83.7 cm³/mol. The van der Waals surface area contributed by atoms with Gasteiger partial charge in [-0.05, 0) is 37.5 Å². The van der Waals surface area contributed by atoms with Gasteiger partial charge in [-0.3, -0.25) is 0 Å². The lowest BCUT2D eigenvalue weighted by Crippen LogP contribution is -2.38. The van der Waals surface area contributed by atoms with Crippen LogP contribution in [0.1, 0.15) is 52.0 Å². The number of hydrogen-bond acceptors (Lipinski definition) is 5. The number of nitrogens with zero attached hydrogens (tertiary/aromatic N) is 3. The lowest BCUT2D eigenvalue weighted by Gasteiger charge is -2.39. The second-order valence-corrected chi connectivity index (χ2v) is 6.53. The molecular weight excluding hydrogens is 250 g/mol. The average molecular weight is 277 g/mol. The molecule has 0 radical (unpaired) electrons. The molecule has 0 unspecified atom stereocenters. The van der Waals surface area contributed by atoms with Crippen molar-refractivity contribution < 1.29 is 0 Å². The van der Waals surface area contributed by atoms with Crippen molar-refractivity contribution in [1.29, 1.82) is 0 Å². The molecule has 2 rings (SSSR count). The first-order valence-corrected chi connectivity index (χ1v) is 7.52. The van der Waals surface area contributed by atoms with Crippen LogP contribution in [0.25, 0.3) is 0 Å². The van der Waals surface area contributed by atoms with Crippen LogP contribution in [-0.2, 0) is 6.42 Å². The summed E-state index contributed by atoms with van der Waals surface area (Å²) in [5.41, 5.74) is 4.27. The van der Waals surface area contributed by atoms with E-state index < -0.39 is 0 Å². The Bertz CT molecular complexity index is 448. The number of hydrogen-bond donors (Lipinski definition) is 2. The van der Waals surface area contributed by atoms with Crippen LogP contribution in [-0.4, -0.2) is 23.1 Å². The molecule has 0 aliphatic heterocycles. The van der Waals surface area contributed by atoms with Crippen molar-refractivity contribution in [2.75, 3.05) is 17.4 Å². The van der Waals surface area contributed by atoms with Crippen LogP contribution < -0.4 is 16.2 Å². The van der Waals surface area contributed by atoms with E-state index in [1.54, 1.807) is 6.33 Å². The maximum atomic E-state index is 5.55. The van der Waals surface area contributed by atoms with Crippen LogP contribution in [0.3, 0.4) is 0 Å². The highest BCUT2D eigenvalue weighted by molar-refractivity contribution is 5.58. The highest BCUT2D eigenvalue weighted by Crippen LogP contribution is 2.38. The van der Waals surface area contributed by atoms with Crippen LogP contribution in [0.2, 0.25) is 0 Å². The minimum absolute atomic E-state index is 0.487. The van der Waals surface area contributed by atoms with Crippen molar-refractivity contribution in [3.8, 4) is 0 Å². The van der Waals surface area contributed by atoms with Crippen molar-refractivity contribution in [2.45, 2.75) is 58.9 Å². The SMILES string of the molecule is CCc1c(NN)ncnc1N(C)C1CCC(C)(C)CC1. The molecule has 1 heterocycles. The number of rotatable bonds is 4. The van der Waals surface area contributed by atoms with Gasteiger partial charge in [-0.15, -0.1) is 0 Å². The Morgan fingerprint density at radius 2 is 2.00 bits per heavy atom. The summed E-state index contributed by atoms with van der Waals surface area (Å²) in [6.07, 6.45) is 7.46. The Labute approximate surface area is 121 Å². The van der Waals surface area contributed by atoms with Crippen LogP contribution in [0.5, 0.6) is 0 Å². The number of nitrogen functional groups attached to an aromatic ring is 1. The molecular formula is C15H27N5. The number of hydrazine groups is 1. The van der Waals surface area contributed by atoms with E-state index in [0.29, 0.717) is 11.5 Å². The second-order valence-electron chi connectivity index (χ2n) is 6.53. The molecule has 112 valence electrons. The highest BCUT2D eigenvalue weighted by atomic mass is 15.3. The number of aromatic nitrogens is 2. The van der Waals surface area contributed by atoms with Gasteiger partial charge < -0.3 is 10.3 Å². The minimum Gasteiger partial charge on any atom is -0.356 e. The second kappa shape index (κ2) is 5.95. The van der Waals surface area contributed by atoms with E-state index >= 15 is 0 Å². The summed E-state index contributed by atoms with van der Waals surface area (Å²) in [5.74, 6) is 7.30. The number of anilines is 2. The minimum atomic E-state index is 0.487. The van der Waals surface area contributed by atoms with E-state index in [0.717, 1.165) is 23.6 Å². The number of nitrogens with one attached hydrogen (secondary N) is 1. The smallest absolute Gasteiger partial charge is 0.148 e. The first-order valence-electron chi connectivity index (χ1n) is 7.52. The van der Waals surface area contributed by atoms with Gasteiger partial charge in [-0.1, -0.05) is 20.8 Å². The Morgan fingerprint density at radius 3 is 2.55 bits per heavy atom. The monoisotopic (exact) mass is 277 g/mol. The maximum Gasteiger partial charge on any atom is 0.148 e. The lowest BCUT2D eigenvalue weighted by atomic mass is 9.75. The third-order valence-electron chi connectivity index (χ3n) is 4.60. The maximum absolute atomic E-state index is 5.55. The molecule has 5 nitrogen and oxygen atoms in total. The zero-order valence-corrected chi connectivity index (χ0v) is 13.1. The summed E-state index contributed by atoms with van der Waals surface area (Å²) in [5, 5.41) is 0. The summed E-state index contributed by atoms with van der Waals surface area (Å²) in [7, 11) is 2.14. The molecule has 1 saturated carbocycles. The van der Waals surface area contributed by atoms with Crippen molar-refractivity contribution in [1.82, 2.24) is 9.97 Å². The van der Waals surface area contributed by atoms with Crippen molar-refractivity contribution >= 4 is 11.6 Å². The van der Waals surface area contributed by atoms with E-state index in [1.165, 1.54) is 25.7 Å². The third kappa shape index (κ3) is 3.03. The molecule has 1 aromatic rings. The molecule has 0 bridgehead atoms. The summed E-state index contributed by atoms with van der Waals surface area (Å²) in [6, 6.07) is 0.564. The van der Waals surface area contributed by atoms with Crippen molar-refractivity contribution in [2.24, 2.45) is 11.3 Å². The molecule has 5 heteroatoms. The largest absolute Gasteiger partial charge is 0.356 e. The van der Waals surface area contributed by atoms with Crippen LogP contribution in [0.4, 0.5) is 11.6 Å². The molecule has 0 atom stereocenters. The molecule has 1 fully saturated rings. The van der Waals surface area contributed by atoms with Crippen molar-refractivity contribution in [3.05, 3.63) is 11.9 Å². The Kier molecular flexibility index (Phi) is 4.48. The first kappa shape index (κ1) is 15.0. The van der Waals surface area contributed by atoms with Gasteiger partial charge >= 0.3 is 0 Å². The normalized spacial score (nSPS) is 18.9. The van der Waals surface area contributed by atoms with Gasteiger partial charge in [0, 0.05) is 18.7 Å². The van der Waals surface area contributed by atoms with Gasteiger partial charge in [0.2, 0.25) is 0 Å². The van der Waals surface area contributed by atoms with Gasteiger partial charge in [-0.2, -0.15) is 0 Å². The van der Waals surface area contributed by atoms with E-state index in [2.05, 4.69) is 48.1 Å². The fraction of sp³-hybridized carbons (Fsp3) is 0.733. The highest BCUT2D eigenvalue weighted by Gasteiger charge is 2.30. The van der Waals surface area contributed by atoms with Gasteiger partial charge in [0.05, 0.1) is 0 Å². The Morgan fingerprint density at radius 1 is 1.35 bits per heavy atom. The molecule has 0 saturated heterocycles. The molecule has 1 aliphatic rings. The van der Waals surface area contributed by atoms with Crippen molar-refractivity contribution in [3.63, 3.8) is 0 Å². The van der Waals surface area contributed by atoms with Crippen LogP contribution in [0.15, 0.2) is 6.33 Å². The van der Waals surface area contributed by atoms with E-state index in [9.17, 15) is 0 Å². The fourth-order valence-corrected chi connectivity index (χ4v) is 3.10. The Hall–Kier alpha value is -1.36. The first-order chi connectivity index (χ1) is 9.48. The molecule has 0 aromatic carbocycles. The Balaban J connectivity index is 2.19. The van der Waals surface area contributed by atoms with Crippen LogP contribution >= 0.6 is 0 Å². The van der Waals surface area contributed by atoms with Gasteiger partial charge in [-0.25, -0.2) is 15.8 Å². The standard InChI is InChI=1S/C15H27N5/c1-5-12-13(19-16)17-10-18-14(12)20(4)11-6-8-15(2,3)9-7-11/h10-11H,5-9,16H2,1-4H3,(H,17,18,19). The van der Waals surface area contributed by atoms with E-state index in [4.69, 9.17) is 5.84 Å². The van der Waals surface area contributed by atoms with Gasteiger partial charge in [0.15, 0.2) is 0 Å². The summed E-state index contributed by atoms with van der Waals surface area (Å²) >= 11 is 0. The van der Waals surface area contributed by atoms with E-state index in [1.807, 2.05) is 0 Å². The van der Waals surface area contributed by atoms with Gasteiger partial charge in [0.25, 0.3) is 0 Å². The molecule has 0 spiro atoms. The van der Waals surface area contributed by atoms with E-state index in [-0.39, 0.29) is 0 Å². The lowest BCUT2D eigenvalue weighted by molar-refractivity contribution is 0.222. The molecule has 0 amide bonds. The number of nitrogens with two attached hydrogens (primary N) is 1. The summed E-state index contributed by atoms with van der Waals surface area (Å²) < 4.78 is 0. The zero-order valence-electron chi connectivity index (χ0n) is 13.1. The molecule has 1 aromatic heterocycles. The topological polar surface area (TPSA) is 67.1 Å². The molecule has 1 aliphatic carbocycles. The third-order valence-corrected chi connectivity index (χ3v) is 4.60. The zero-order chi connectivity index (χ0) is 14.8. The average Bonchev–Trinajstić information content (AvgIpc) is 2.45. The van der Waals surface area contributed by atoms with Crippen LogP contribution in [0, 0.1) is 5.41 Å². The predicted octanol–water partition coefficient (Wildman–Crippen LogP) is 2.73. The summed E-state index contributed by atoms with van der Waals surface area (Å²) in [4.78, 5) is 11.0.